The smallest absolute Gasteiger partial charge is 0.331 e. The Bertz CT molecular complexity index is 1860. The average molecular weight is 526 g/mol. The van der Waals surface area contributed by atoms with E-state index in [1.807, 2.05) is 0 Å². The van der Waals surface area contributed by atoms with E-state index in [0.29, 0.717) is 33.7 Å². The number of carbonyl (C=O) groups excluding carboxylic acids is 2. The molecule has 6 rings (SSSR count). The SMILES string of the molecule is O=C(Nc1ccn(CC(=O)N2Cc3nc4cc(-c5ccc(F)cc5)[nH]n4c(=O)c3C2)c(=O)n1)c1ccccc1. The fourth-order valence-corrected chi connectivity index (χ4v) is 4.42. The van der Waals surface area contributed by atoms with E-state index in [1.165, 1.54) is 33.8 Å². The molecule has 1 aliphatic heterocycles. The third-order valence-electron chi connectivity index (χ3n) is 6.45. The summed E-state index contributed by atoms with van der Waals surface area (Å²) in [6, 6.07) is 17.5. The first-order valence-electron chi connectivity index (χ1n) is 12.0. The monoisotopic (exact) mass is 525 g/mol. The van der Waals surface area contributed by atoms with Gasteiger partial charge in [-0.25, -0.2) is 18.7 Å². The van der Waals surface area contributed by atoms with Gasteiger partial charge in [-0.3, -0.25) is 24.0 Å². The van der Waals surface area contributed by atoms with Crippen LogP contribution in [0.5, 0.6) is 0 Å². The van der Waals surface area contributed by atoms with Crippen molar-refractivity contribution in [2.24, 2.45) is 0 Å². The van der Waals surface area contributed by atoms with Crippen LogP contribution in [0.2, 0.25) is 0 Å². The maximum atomic E-state index is 13.3. The summed E-state index contributed by atoms with van der Waals surface area (Å²) >= 11 is 0. The fraction of sp³-hybridized carbons (Fsp3) is 0.111. The Hall–Kier alpha value is -5.39. The molecular weight excluding hydrogens is 505 g/mol. The summed E-state index contributed by atoms with van der Waals surface area (Å²) in [6.45, 7) is -0.133. The number of carbonyl (C=O) groups is 2. The summed E-state index contributed by atoms with van der Waals surface area (Å²) < 4.78 is 15.7. The molecule has 12 heteroatoms. The molecule has 1 aliphatic rings. The van der Waals surface area contributed by atoms with E-state index < -0.39 is 17.5 Å². The van der Waals surface area contributed by atoms with E-state index in [2.05, 4.69) is 20.4 Å². The lowest BCUT2D eigenvalue weighted by atomic mass is 10.1. The van der Waals surface area contributed by atoms with Gasteiger partial charge in [-0.05, 0) is 48.0 Å². The second kappa shape index (κ2) is 9.49. The number of benzene rings is 2. The van der Waals surface area contributed by atoms with E-state index in [9.17, 15) is 23.6 Å². The number of amides is 2. The van der Waals surface area contributed by atoms with Gasteiger partial charge < -0.3 is 10.2 Å². The van der Waals surface area contributed by atoms with Crippen molar-refractivity contribution in [2.75, 3.05) is 5.32 Å². The zero-order chi connectivity index (χ0) is 27.1. The minimum absolute atomic E-state index is 0.0429. The van der Waals surface area contributed by atoms with Gasteiger partial charge in [0.2, 0.25) is 5.91 Å². The maximum absolute atomic E-state index is 13.3. The average Bonchev–Trinajstić information content (AvgIpc) is 3.56. The van der Waals surface area contributed by atoms with Crippen LogP contribution >= 0.6 is 0 Å². The van der Waals surface area contributed by atoms with Crippen molar-refractivity contribution in [1.29, 1.82) is 0 Å². The quantitative estimate of drug-likeness (QED) is 0.361. The largest absolute Gasteiger partial charge is 0.349 e. The first-order valence-corrected chi connectivity index (χ1v) is 12.0. The summed E-state index contributed by atoms with van der Waals surface area (Å²) in [5, 5.41) is 5.54. The standard InChI is InChI=1S/C27H20FN7O4/c28-18-8-6-16(7-9-18)20-12-23-29-21-14-34(13-19(21)26(38)35(23)32-20)24(36)15-33-11-10-22(31-27(33)39)30-25(37)17-4-2-1-3-5-17/h1-12,32H,13-15H2,(H,30,31,37,39). The number of nitrogens with zero attached hydrogens (tertiary/aromatic N) is 5. The zero-order valence-electron chi connectivity index (χ0n) is 20.3. The summed E-state index contributed by atoms with van der Waals surface area (Å²) in [4.78, 5) is 60.8. The van der Waals surface area contributed by atoms with Gasteiger partial charge >= 0.3 is 5.69 Å². The lowest BCUT2D eigenvalue weighted by Gasteiger charge is -2.15. The van der Waals surface area contributed by atoms with Crippen LogP contribution in [0, 0.1) is 5.82 Å². The van der Waals surface area contributed by atoms with E-state index in [1.54, 1.807) is 48.5 Å². The molecule has 0 bridgehead atoms. The van der Waals surface area contributed by atoms with Crippen molar-refractivity contribution in [1.82, 2.24) is 29.0 Å². The van der Waals surface area contributed by atoms with Gasteiger partial charge in [0.05, 0.1) is 30.0 Å². The lowest BCUT2D eigenvalue weighted by Crippen LogP contribution is -2.34. The molecule has 0 saturated carbocycles. The molecular formula is C27H20FN7O4. The molecule has 2 N–H and O–H groups in total. The van der Waals surface area contributed by atoms with Crippen LogP contribution in [0.15, 0.2) is 82.5 Å². The number of nitrogens with one attached hydrogen (secondary N) is 2. The second-order valence-corrected chi connectivity index (χ2v) is 9.01. The van der Waals surface area contributed by atoms with Gasteiger partial charge in [0.1, 0.15) is 18.2 Å². The normalized spacial score (nSPS) is 12.5. The highest BCUT2D eigenvalue weighted by molar-refractivity contribution is 6.03. The molecule has 0 atom stereocenters. The highest BCUT2D eigenvalue weighted by atomic mass is 19.1. The van der Waals surface area contributed by atoms with E-state index in [-0.39, 0.29) is 36.8 Å². The molecule has 4 heterocycles. The molecule has 0 unspecified atom stereocenters. The Kier molecular flexibility index (Phi) is 5.83. The predicted molar refractivity (Wildman–Crippen MR) is 138 cm³/mol. The number of hydrogen-bond donors (Lipinski definition) is 2. The number of aromatic amines is 1. The zero-order valence-corrected chi connectivity index (χ0v) is 20.3. The molecule has 39 heavy (non-hydrogen) atoms. The third kappa shape index (κ3) is 4.59. The van der Waals surface area contributed by atoms with Crippen molar-refractivity contribution < 1.29 is 14.0 Å². The predicted octanol–water partition coefficient (Wildman–Crippen LogP) is 2.18. The molecule has 2 aromatic carbocycles. The van der Waals surface area contributed by atoms with Crippen LogP contribution in [0.3, 0.4) is 0 Å². The number of aromatic nitrogens is 5. The molecule has 0 radical (unpaired) electrons. The lowest BCUT2D eigenvalue weighted by molar-refractivity contribution is -0.132. The summed E-state index contributed by atoms with van der Waals surface area (Å²) in [5.74, 6) is -1.10. The molecule has 0 saturated heterocycles. The summed E-state index contributed by atoms with van der Waals surface area (Å²) in [6.07, 6.45) is 1.38. The van der Waals surface area contributed by atoms with Crippen LogP contribution < -0.4 is 16.6 Å². The van der Waals surface area contributed by atoms with Gasteiger partial charge in [0.25, 0.3) is 11.5 Å². The highest BCUT2D eigenvalue weighted by Gasteiger charge is 2.29. The Morgan fingerprint density at radius 2 is 1.74 bits per heavy atom. The molecule has 11 nitrogen and oxygen atoms in total. The number of H-pyrrole nitrogens is 1. The molecule has 0 spiro atoms. The van der Waals surface area contributed by atoms with Crippen molar-refractivity contribution in [3.63, 3.8) is 0 Å². The van der Waals surface area contributed by atoms with Gasteiger partial charge in [-0.15, -0.1) is 0 Å². The number of rotatable bonds is 5. The molecule has 5 aromatic rings. The van der Waals surface area contributed by atoms with Gasteiger partial charge in [-0.1, -0.05) is 18.2 Å². The minimum atomic E-state index is -0.703. The van der Waals surface area contributed by atoms with Gasteiger partial charge in [-0.2, -0.15) is 4.98 Å². The minimum Gasteiger partial charge on any atom is -0.331 e. The van der Waals surface area contributed by atoms with Crippen LogP contribution in [0.1, 0.15) is 21.6 Å². The number of halogens is 1. The Morgan fingerprint density at radius 1 is 0.974 bits per heavy atom. The molecule has 194 valence electrons. The van der Waals surface area contributed by atoms with Crippen molar-refractivity contribution in [3.8, 4) is 11.3 Å². The molecule has 0 aliphatic carbocycles. The van der Waals surface area contributed by atoms with Gasteiger partial charge in [0.15, 0.2) is 5.65 Å². The summed E-state index contributed by atoms with van der Waals surface area (Å²) in [5.41, 5.74) is 1.90. The fourth-order valence-electron chi connectivity index (χ4n) is 4.42. The topological polar surface area (TPSA) is 134 Å². The van der Waals surface area contributed by atoms with Crippen molar-refractivity contribution in [2.45, 2.75) is 19.6 Å². The van der Waals surface area contributed by atoms with Crippen molar-refractivity contribution in [3.05, 3.63) is 116 Å². The second-order valence-electron chi connectivity index (χ2n) is 9.01. The Morgan fingerprint density at radius 3 is 2.49 bits per heavy atom. The molecule has 3 aromatic heterocycles. The summed E-state index contributed by atoms with van der Waals surface area (Å²) in [7, 11) is 0. The van der Waals surface area contributed by atoms with Crippen molar-refractivity contribution >= 4 is 23.3 Å². The number of hydrogen-bond acceptors (Lipinski definition) is 6. The van der Waals surface area contributed by atoms with E-state index in [0.717, 1.165) is 4.57 Å². The Balaban J connectivity index is 1.16. The third-order valence-corrected chi connectivity index (χ3v) is 6.45. The van der Waals surface area contributed by atoms with Crippen LogP contribution in [-0.2, 0) is 24.4 Å². The molecule has 2 amide bonds. The highest BCUT2D eigenvalue weighted by Crippen LogP contribution is 2.22. The van der Waals surface area contributed by atoms with E-state index >= 15 is 0 Å². The maximum Gasteiger partial charge on any atom is 0.349 e. The van der Waals surface area contributed by atoms with Crippen LogP contribution in [-0.4, -0.2) is 40.9 Å². The Labute approximate surface area is 219 Å². The van der Waals surface area contributed by atoms with Crippen LogP contribution in [0.4, 0.5) is 10.2 Å². The number of anilines is 1. The van der Waals surface area contributed by atoms with E-state index in [4.69, 9.17) is 0 Å². The van der Waals surface area contributed by atoms with Gasteiger partial charge in [0, 0.05) is 17.8 Å². The van der Waals surface area contributed by atoms with Crippen LogP contribution in [0.25, 0.3) is 16.9 Å². The molecule has 0 fully saturated rings. The number of fused-ring (bicyclic) bond motifs is 2. The first kappa shape index (κ1) is 24.0. The first-order chi connectivity index (χ1) is 18.9.